The van der Waals surface area contributed by atoms with E-state index in [1.54, 1.807) is 0 Å². The number of rotatable bonds is 3. The SMILES string of the molecule is Cc1nn(C)c(C)c1NC(C)c1ccc2c(c1)CCC2. The summed E-state index contributed by atoms with van der Waals surface area (Å²) in [7, 11) is 1.99. The highest BCUT2D eigenvalue weighted by molar-refractivity contribution is 5.53. The Labute approximate surface area is 121 Å². The smallest absolute Gasteiger partial charge is 0.0828 e. The Kier molecular flexibility index (Phi) is 3.28. The minimum absolute atomic E-state index is 0.308. The van der Waals surface area contributed by atoms with Crippen LogP contribution in [0, 0.1) is 13.8 Å². The lowest BCUT2D eigenvalue weighted by Crippen LogP contribution is -2.08. The molecule has 106 valence electrons. The molecule has 1 heterocycles. The van der Waals surface area contributed by atoms with Crippen molar-refractivity contribution in [2.24, 2.45) is 7.05 Å². The second-order valence-electron chi connectivity index (χ2n) is 5.92. The van der Waals surface area contributed by atoms with Gasteiger partial charge in [-0.2, -0.15) is 5.10 Å². The molecule has 0 saturated carbocycles. The van der Waals surface area contributed by atoms with Crippen molar-refractivity contribution >= 4 is 5.69 Å². The van der Waals surface area contributed by atoms with Gasteiger partial charge in [0.15, 0.2) is 0 Å². The van der Waals surface area contributed by atoms with Crippen molar-refractivity contribution in [3.63, 3.8) is 0 Å². The number of hydrogen-bond acceptors (Lipinski definition) is 2. The first-order chi connectivity index (χ1) is 9.56. The van der Waals surface area contributed by atoms with E-state index in [0.29, 0.717) is 6.04 Å². The van der Waals surface area contributed by atoms with Crippen molar-refractivity contribution in [1.82, 2.24) is 9.78 Å². The zero-order chi connectivity index (χ0) is 14.3. The predicted octanol–water partition coefficient (Wildman–Crippen LogP) is 3.70. The van der Waals surface area contributed by atoms with E-state index >= 15 is 0 Å². The predicted molar refractivity (Wildman–Crippen MR) is 83.2 cm³/mol. The molecule has 1 aliphatic rings. The number of aryl methyl sites for hydroxylation is 4. The highest BCUT2D eigenvalue weighted by Gasteiger charge is 2.16. The average Bonchev–Trinajstić information content (AvgIpc) is 2.98. The van der Waals surface area contributed by atoms with E-state index in [9.17, 15) is 0 Å². The quantitative estimate of drug-likeness (QED) is 0.920. The lowest BCUT2D eigenvalue weighted by Gasteiger charge is -2.17. The summed E-state index contributed by atoms with van der Waals surface area (Å²) in [5, 5.41) is 8.09. The maximum Gasteiger partial charge on any atom is 0.0828 e. The van der Waals surface area contributed by atoms with Crippen LogP contribution in [0.2, 0.25) is 0 Å². The second-order valence-corrected chi connectivity index (χ2v) is 5.92. The van der Waals surface area contributed by atoms with Crippen LogP contribution in [0.4, 0.5) is 5.69 Å². The van der Waals surface area contributed by atoms with Gasteiger partial charge in [0.05, 0.1) is 17.1 Å². The number of benzene rings is 1. The zero-order valence-electron chi connectivity index (χ0n) is 12.8. The summed E-state index contributed by atoms with van der Waals surface area (Å²) < 4.78 is 1.94. The van der Waals surface area contributed by atoms with Crippen molar-refractivity contribution < 1.29 is 0 Å². The molecule has 2 aromatic rings. The molecule has 3 rings (SSSR count). The van der Waals surface area contributed by atoms with E-state index in [0.717, 1.165) is 5.69 Å². The Morgan fingerprint density at radius 2 is 1.95 bits per heavy atom. The fraction of sp³-hybridized carbons (Fsp3) is 0.471. The van der Waals surface area contributed by atoms with Gasteiger partial charge in [-0.3, -0.25) is 4.68 Å². The topological polar surface area (TPSA) is 29.9 Å². The molecule has 1 N–H and O–H groups in total. The Morgan fingerprint density at radius 3 is 2.65 bits per heavy atom. The molecule has 3 heteroatoms. The molecule has 0 fully saturated rings. The molecule has 20 heavy (non-hydrogen) atoms. The number of nitrogens with zero attached hydrogens (tertiary/aromatic N) is 2. The molecular weight excluding hydrogens is 246 g/mol. The van der Waals surface area contributed by atoms with Gasteiger partial charge in [0.1, 0.15) is 0 Å². The summed E-state index contributed by atoms with van der Waals surface area (Å²) in [4.78, 5) is 0. The van der Waals surface area contributed by atoms with E-state index in [1.165, 1.54) is 47.3 Å². The molecule has 0 aliphatic heterocycles. The Morgan fingerprint density at radius 1 is 1.20 bits per heavy atom. The van der Waals surface area contributed by atoms with E-state index in [4.69, 9.17) is 0 Å². The van der Waals surface area contributed by atoms with Crippen LogP contribution < -0.4 is 5.32 Å². The van der Waals surface area contributed by atoms with Crippen LogP contribution >= 0.6 is 0 Å². The maximum atomic E-state index is 4.47. The van der Waals surface area contributed by atoms with Crippen LogP contribution in [0.1, 0.15) is 47.5 Å². The van der Waals surface area contributed by atoms with E-state index in [-0.39, 0.29) is 0 Å². The molecule has 1 aliphatic carbocycles. The minimum atomic E-state index is 0.308. The monoisotopic (exact) mass is 269 g/mol. The molecule has 0 bridgehead atoms. The van der Waals surface area contributed by atoms with Gasteiger partial charge in [-0.05, 0) is 56.7 Å². The van der Waals surface area contributed by atoms with Gasteiger partial charge in [0, 0.05) is 13.1 Å². The van der Waals surface area contributed by atoms with Crippen molar-refractivity contribution in [2.75, 3.05) is 5.32 Å². The standard InChI is InChI=1S/C17H23N3/c1-11(18-17-12(2)19-20(4)13(17)3)15-9-8-14-6-5-7-16(14)10-15/h8-11,18H,5-7H2,1-4H3. The third-order valence-electron chi connectivity index (χ3n) is 4.49. The van der Waals surface area contributed by atoms with E-state index < -0.39 is 0 Å². The average molecular weight is 269 g/mol. The van der Waals surface area contributed by atoms with Crippen LogP contribution in [0.5, 0.6) is 0 Å². The van der Waals surface area contributed by atoms with Gasteiger partial charge in [-0.1, -0.05) is 18.2 Å². The summed E-state index contributed by atoms with van der Waals surface area (Å²) in [5.74, 6) is 0. The minimum Gasteiger partial charge on any atom is -0.376 e. The molecule has 1 aromatic heterocycles. The molecule has 0 radical (unpaired) electrons. The summed E-state index contributed by atoms with van der Waals surface area (Å²) >= 11 is 0. The summed E-state index contributed by atoms with van der Waals surface area (Å²) in [6.07, 6.45) is 3.79. The Hall–Kier alpha value is -1.77. The van der Waals surface area contributed by atoms with Gasteiger partial charge in [0.25, 0.3) is 0 Å². The first-order valence-electron chi connectivity index (χ1n) is 7.44. The van der Waals surface area contributed by atoms with Gasteiger partial charge in [-0.15, -0.1) is 0 Å². The number of hydrogen-bond donors (Lipinski definition) is 1. The zero-order valence-corrected chi connectivity index (χ0v) is 12.8. The first-order valence-corrected chi connectivity index (χ1v) is 7.44. The van der Waals surface area contributed by atoms with Gasteiger partial charge < -0.3 is 5.32 Å². The maximum absolute atomic E-state index is 4.47. The third-order valence-corrected chi connectivity index (χ3v) is 4.49. The molecular formula is C17H23N3. The highest BCUT2D eigenvalue weighted by atomic mass is 15.3. The molecule has 0 spiro atoms. The molecule has 0 amide bonds. The Balaban J connectivity index is 1.84. The first kappa shape index (κ1) is 13.2. The lowest BCUT2D eigenvalue weighted by atomic mass is 10.0. The summed E-state index contributed by atoms with van der Waals surface area (Å²) in [6, 6.07) is 7.25. The van der Waals surface area contributed by atoms with Crippen molar-refractivity contribution in [3.05, 3.63) is 46.3 Å². The van der Waals surface area contributed by atoms with Crippen LogP contribution in [0.3, 0.4) is 0 Å². The number of anilines is 1. The van der Waals surface area contributed by atoms with Gasteiger partial charge >= 0.3 is 0 Å². The number of fused-ring (bicyclic) bond motifs is 1. The van der Waals surface area contributed by atoms with Crippen molar-refractivity contribution in [1.29, 1.82) is 0 Å². The summed E-state index contributed by atoms with van der Waals surface area (Å²) in [6.45, 7) is 6.39. The Bertz CT molecular complexity index is 640. The van der Waals surface area contributed by atoms with Crippen LogP contribution in [-0.2, 0) is 19.9 Å². The number of nitrogens with one attached hydrogen (secondary N) is 1. The van der Waals surface area contributed by atoms with Gasteiger partial charge in [0.2, 0.25) is 0 Å². The third kappa shape index (κ3) is 2.21. The molecule has 0 saturated heterocycles. The fourth-order valence-electron chi connectivity index (χ4n) is 3.14. The van der Waals surface area contributed by atoms with Crippen molar-refractivity contribution in [2.45, 2.75) is 46.1 Å². The second kappa shape index (κ2) is 4.97. The molecule has 1 unspecified atom stereocenters. The van der Waals surface area contributed by atoms with Crippen LogP contribution in [-0.4, -0.2) is 9.78 Å². The molecule has 1 atom stereocenters. The molecule has 3 nitrogen and oxygen atoms in total. The molecule has 1 aromatic carbocycles. The van der Waals surface area contributed by atoms with E-state index in [1.807, 2.05) is 11.7 Å². The van der Waals surface area contributed by atoms with Gasteiger partial charge in [-0.25, -0.2) is 0 Å². The highest BCUT2D eigenvalue weighted by Crippen LogP contribution is 2.28. The lowest BCUT2D eigenvalue weighted by molar-refractivity contribution is 0.731. The van der Waals surface area contributed by atoms with Crippen LogP contribution in [0.15, 0.2) is 18.2 Å². The normalized spacial score (nSPS) is 15.2. The van der Waals surface area contributed by atoms with E-state index in [2.05, 4.69) is 49.4 Å². The summed E-state index contributed by atoms with van der Waals surface area (Å²) in [5.41, 5.74) is 7.87. The largest absolute Gasteiger partial charge is 0.376 e. The van der Waals surface area contributed by atoms with Crippen LogP contribution in [0.25, 0.3) is 0 Å². The number of aromatic nitrogens is 2. The fourth-order valence-corrected chi connectivity index (χ4v) is 3.14. The van der Waals surface area contributed by atoms with Crippen molar-refractivity contribution in [3.8, 4) is 0 Å².